The van der Waals surface area contributed by atoms with Crippen LogP contribution >= 0.6 is 0 Å². The molecule has 18 heavy (non-hydrogen) atoms. The standard InChI is InChI=1S/C10H16N2O5S/c1-5-16-9(13)6-12(4)18(14,15)10-7(2)11-17-8(10)3/h5-6H2,1-4H3. The van der Waals surface area contributed by atoms with Gasteiger partial charge in [0.15, 0.2) is 5.76 Å². The summed E-state index contributed by atoms with van der Waals surface area (Å²) in [5.74, 6) is -0.404. The van der Waals surface area contributed by atoms with Crippen LogP contribution in [0.25, 0.3) is 0 Å². The summed E-state index contributed by atoms with van der Waals surface area (Å²) in [7, 11) is -2.49. The second kappa shape index (κ2) is 5.49. The van der Waals surface area contributed by atoms with E-state index >= 15 is 0 Å². The molecular weight excluding hydrogens is 260 g/mol. The van der Waals surface area contributed by atoms with Crippen LogP contribution in [0.1, 0.15) is 18.4 Å². The van der Waals surface area contributed by atoms with Gasteiger partial charge in [0.05, 0.1) is 6.61 Å². The molecule has 0 aliphatic heterocycles. The van der Waals surface area contributed by atoms with Crippen LogP contribution in [-0.2, 0) is 19.6 Å². The van der Waals surface area contributed by atoms with Crippen LogP contribution in [0.5, 0.6) is 0 Å². The van der Waals surface area contributed by atoms with Crippen molar-refractivity contribution in [3.8, 4) is 0 Å². The van der Waals surface area contributed by atoms with Crippen molar-refractivity contribution in [1.29, 1.82) is 0 Å². The molecule has 0 spiro atoms. The summed E-state index contributed by atoms with van der Waals surface area (Å²) in [6.45, 7) is 4.55. The van der Waals surface area contributed by atoms with Crippen LogP contribution in [0.2, 0.25) is 0 Å². The fraction of sp³-hybridized carbons (Fsp3) is 0.600. The Hall–Kier alpha value is -1.41. The second-order valence-electron chi connectivity index (χ2n) is 3.72. The SMILES string of the molecule is CCOC(=O)CN(C)S(=O)(=O)c1c(C)noc1C. The van der Waals surface area contributed by atoms with Gasteiger partial charge in [0.25, 0.3) is 0 Å². The molecule has 0 unspecified atom stereocenters. The van der Waals surface area contributed by atoms with Gasteiger partial charge in [-0.25, -0.2) is 8.42 Å². The Labute approximate surface area is 106 Å². The highest BCUT2D eigenvalue weighted by molar-refractivity contribution is 7.89. The van der Waals surface area contributed by atoms with Crippen LogP contribution in [0.15, 0.2) is 9.42 Å². The molecule has 0 fully saturated rings. The number of sulfonamides is 1. The van der Waals surface area contributed by atoms with Crippen molar-refractivity contribution in [2.75, 3.05) is 20.2 Å². The average molecular weight is 276 g/mol. The number of esters is 1. The number of likely N-dealkylation sites (N-methyl/N-ethyl adjacent to an activating group) is 1. The maximum atomic E-state index is 12.2. The van der Waals surface area contributed by atoms with E-state index in [9.17, 15) is 13.2 Å². The molecule has 0 aliphatic rings. The Bertz CT molecular complexity index is 515. The molecule has 0 bridgehead atoms. The van der Waals surface area contributed by atoms with Gasteiger partial charge in [-0.05, 0) is 20.8 Å². The first-order valence-electron chi connectivity index (χ1n) is 5.35. The lowest BCUT2D eigenvalue weighted by molar-refractivity contribution is -0.143. The summed E-state index contributed by atoms with van der Waals surface area (Å²) in [4.78, 5) is 11.3. The Morgan fingerprint density at radius 3 is 2.50 bits per heavy atom. The molecule has 0 atom stereocenters. The van der Waals surface area contributed by atoms with Gasteiger partial charge in [-0.2, -0.15) is 4.31 Å². The lowest BCUT2D eigenvalue weighted by Gasteiger charge is -2.15. The van der Waals surface area contributed by atoms with E-state index in [2.05, 4.69) is 5.16 Å². The molecule has 0 aliphatic carbocycles. The third kappa shape index (κ3) is 2.88. The zero-order valence-electron chi connectivity index (χ0n) is 10.8. The molecule has 1 rings (SSSR count). The predicted molar refractivity (Wildman–Crippen MR) is 62.4 cm³/mol. The first-order valence-corrected chi connectivity index (χ1v) is 6.79. The fourth-order valence-electron chi connectivity index (χ4n) is 1.47. The normalized spacial score (nSPS) is 11.8. The fourth-order valence-corrected chi connectivity index (χ4v) is 2.87. The molecule has 102 valence electrons. The third-order valence-electron chi connectivity index (χ3n) is 2.29. The van der Waals surface area contributed by atoms with Crippen LogP contribution in [-0.4, -0.2) is 44.0 Å². The third-order valence-corrected chi connectivity index (χ3v) is 4.34. The molecule has 8 heteroatoms. The summed E-state index contributed by atoms with van der Waals surface area (Å²) >= 11 is 0. The van der Waals surface area contributed by atoms with Crippen molar-refractivity contribution in [1.82, 2.24) is 9.46 Å². The number of rotatable bonds is 5. The monoisotopic (exact) mass is 276 g/mol. The lowest BCUT2D eigenvalue weighted by Crippen LogP contribution is -2.33. The highest BCUT2D eigenvalue weighted by Gasteiger charge is 2.29. The number of carbonyl (C=O) groups is 1. The minimum Gasteiger partial charge on any atom is -0.465 e. The van der Waals surface area contributed by atoms with Gasteiger partial charge in [0.2, 0.25) is 10.0 Å². The van der Waals surface area contributed by atoms with Gasteiger partial charge in [-0.15, -0.1) is 0 Å². The van der Waals surface area contributed by atoms with E-state index in [-0.39, 0.29) is 29.5 Å². The Kier molecular flexibility index (Phi) is 4.47. The molecule has 7 nitrogen and oxygen atoms in total. The van der Waals surface area contributed by atoms with Crippen LogP contribution in [0, 0.1) is 13.8 Å². The average Bonchev–Trinajstić information content (AvgIpc) is 2.59. The zero-order chi connectivity index (χ0) is 13.9. The van der Waals surface area contributed by atoms with E-state index in [1.807, 2.05) is 0 Å². The van der Waals surface area contributed by atoms with E-state index in [1.54, 1.807) is 6.92 Å². The highest BCUT2D eigenvalue weighted by Crippen LogP contribution is 2.22. The Morgan fingerprint density at radius 2 is 2.06 bits per heavy atom. The Morgan fingerprint density at radius 1 is 1.44 bits per heavy atom. The summed E-state index contributed by atoms with van der Waals surface area (Å²) in [5, 5.41) is 3.58. The largest absolute Gasteiger partial charge is 0.465 e. The number of hydrogen-bond donors (Lipinski definition) is 0. The smallest absolute Gasteiger partial charge is 0.321 e. The number of aryl methyl sites for hydroxylation is 2. The lowest BCUT2D eigenvalue weighted by atomic mass is 10.4. The highest BCUT2D eigenvalue weighted by atomic mass is 32.2. The topological polar surface area (TPSA) is 89.7 Å². The first kappa shape index (κ1) is 14.7. The van der Waals surface area contributed by atoms with E-state index in [4.69, 9.17) is 9.26 Å². The van der Waals surface area contributed by atoms with Crippen LogP contribution in [0.3, 0.4) is 0 Å². The van der Waals surface area contributed by atoms with Crippen molar-refractivity contribution in [2.45, 2.75) is 25.7 Å². The van der Waals surface area contributed by atoms with Gasteiger partial charge >= 0.3 is 5.97 Å². The molecule has 1 aromatic heterocycles. The number of hydrogen-bond acceptors (Lipinski definition) is 6. The van der Waals surface area contributed by atoms with Crippen molar-refractivity contribution in [3.05, 3.63) is 11.5 Å². The maximum absolute atomic E-state index is 12.2. The Balaban J connectivity index is 2.97. The van der Waals surface area contributed by atoms with Crippen molar-refractivity contribution in [3.63, 3.8) is 0 Å². The summed E-state index contributed by atoms with van der Waals surface area (Å²) in [6, 6.07) is 0. The quantitative estimate of drug-likeness (QED) is 0.726. The minimum absolute atomic E-state index is 0.00528. The number of carbonyl (C=O) groups excluding carboxylic acids is 1. The second-order valence-corrected chi connectivity index (χ2v) is 5.70. The van der Waals surface area contributed by atoms with E-state index in [0.717, 1.165) is 4.31 Å². The molecule has 1 aromatic rings. The van der Waals surface area contributed by atoms with E-state index in [1.165, 1.54) is 20.9 Å². The van der Waals surface area contributed by atoms with Crippen molar-refractivity contribution >= 4 is 16.0 Å². The number of nitrogens with zero attached hydrogens (tertiary/aromatic N) is 2. The first-order chi connectivity index (χ1) is 8.30. The van der Waals surface area contributed by atoms with Crippen LogP contribution in [0.4, 0.5) is 0 Å². The van der Waals surface area contributed by atoms with Crippen molar-refractivity contribution < 1.29 is 22.5 Å². The maximum Gasteiger partial charge on any atom is 0.321 e. The molecule has 0 radical (unpaired) electrons. The van der Waals surface area contributed by atoms with Gasteiger partial charge in [-0.1, -0.05) is 5.16 Å². The van der Waals surface area contributed by atoms with Gasteiger partial charge in [0, 0.05) is 7.05 Å². The summed E-state index contributed by atoms with van der Waals surface area (Å²) in [6.07, 6.45) is 0. The summed E-state index contributed by atoms with van der Waals surface area (Å²) in [5.41, 5.74) is 0.267. The predicted octanol–water partition coefficient (Wildman–Crippen LogP) is 0.475. The molecule has 0 aromatic carbocycles. The molecule has 0 N–H and O–H groups in total. The number of ether oxygens (including phenoxy) is 1. The minimum atomic E-state index is -3.79. The van der Waals surface area contributed by atoms with Crippen molar-refractivity contribution in [2.24, 2.45) is 0 Å². The molecule has 0 saturated heterocycles. The molecular formula is C10H16N2O5S. The van der Waals surface area contributed by atoms with Gasteiger partial charge < -0.3 is 9.26 Å². The van der Waals surface area contributed by atoms with E-state index < -0.39 is 16.0 Å². The molecule has 1 heterocycles. The van der Waals surface area contributed by atoms with Gasteiger partial charge in [0.1, 0.15) is 17.1 Å². The van der Waals surface area contributed by atoms with E-state index in [0.29, 0.717) is 0 Å². The molecule has 0 amide bonds. The van der Waals surface area contributed by atoms with Crippen LogP contribution < -0.4 is 0 Å². The van der Waals surface area contributed by atoms with Gasteiger partial charge in [-0.3, -0.25) is 4.79 Å². The number of aromatic nitrogens is 1. The summed E-state index contributed by atoms with van der Waals surface area (Å²) < 4.78 is 34.8. The molecule has 0 saturated carbocycles. The zero-order valence-corrected chi connectivity index (χ0v) is 11.6.